The van der Waals surface area contributed by atoms with Gasteiger partial charge in [-0.15, -0.1) is 0 Å². The molecule has 1 saturated heterocycles. The summed E-state index contributed by atoms with van der Waals surface area (Å²) < 4.78 is 0. The van der Waals surface area contributed by atoms with E-state index in [1.54, 1.807) is 18.3 Å². The molecule has 2 aromatic carbocycles. The summed E-state index contributed by atoms with van der Waals surface area (Å²) in [6, 6.07) is 17.9. The van der Waals surface area contributed by atoms with Gasteiger partial charge in [-0.05, 0) is 61.4 Å². The van der Waals surface area contributed by atoms with Gasteiger partial charge >= 0.3 is 0 Å². The third-order valence-corrected chi connectivity index (χ3v) is 5.43. The minimum Gasteiger partial charge on any atom is -0.368 e. The zero-order chi connectivity index (χ0) is 20.2. The zero-order valence-electron chi connectivity index (χ0n) is 16.8. The van der Waals surface area contributed by atoms with Gasteiger partial charge in [-0.1, -0.05) is 12.1 Å². The van der Waals surface area contributed by atoms with Gasteiger partial charge in [0.15, 0.2) is 0 Å². The molecule has 3 aromatic rings. The molecular weight excluding hydrogens is 360 g/mol. The van der Waals surface area contributed by atoms with Crippen LogP contribution >= 0.6 is 0 Å². The van der Waals surface area contributed by atoms with Crippen molar-refractivity contribution in [3.8, 4) is 6.07 Å². The van der Waals surface area contributed by atoms with Gasteiger partial charge < -0.3 is 15.1 Å². The summed E-state index contributed by atoms with van der Waals surface area (Å²) >= 11 is 0. The molecule has 146 valence electrons. The SMILES string of the molecule is Cc1cccc(N2CCN(c3ccnc(Nc4ccc(C#N)cc4)n3)CC2)c1C. The Balaban J connectivity index is 1.43. The monoisotopic (exact) mass is 384 g/mol. The molecule has 1 aliphatic heterocycles. The maximum absolute atomic E-state index is 8.91. The van der Waals surface area contributed by atoms with Gasteiger partial charge in [-0.2, -0.15) is 10.2 Å². The third-order valence-electron chi connectivity index (χ3n) is 5.43. The van der Waals surface area contributed by atoms with Crippen LogP contribution in [-0.4, -0.2) is 36.1 Å². The molecule has 6 nitrogen and oxygen atoms in total. The minimum absolute atomic E-state index is 0.559. The fraction of sp³-hybridized carbons (Fsp3) is 0.261. The third kappa shape index (κ3) is 4.14. The van der Waals surface area contributed by atoms with Crippen molar-refractivity contribution in [1.82, 2.24) is 9.97 Å². The van der Waals surface area contributed by atoms with Crippen molar-refractivity contribution >= 4 is 23.1 Å². The molecule has 0 amide bonds. The van der Waals surface area contributed by atoms with Crippen LogP contribution in [0.4, 0.5) is 23.1 Å². The Bertz CT molecular complexity index is 1030. The van der Waals surface area contributed by atoms with E-state index in [1.807, 2.05) is 18.2 Å². The second-order valence-corrected chi connectivity index (χ2v) is 7.25. The molecule has 0 bridgehead atoms. The van der Waals surface area contributed by atoms with E-state index in [0.29, 0.717) is 11.5 Å². The van der Waals surface area contributed by atoms with Crippen molar-refractivity contribution in [2.24, 2.45) is 0 Å². The number of hydrogen-bond donors (Lipinski definition) is 1. The number of aryl methyl sites for hydroxylation is 1. The molecule has 1 fully saturated rings. The van der Waals surface area contributed by atoms with E-state index < -0.39 is 0 Å². The first-order chi connectivity index (χ1) is 14.1. The highest BCUT2D eigenvalue weighted by molar-refractivity contribution is 5.58. The van der Waals surface area contributed by atoms with Crippen molar-refractivity contribution in [2.75, 3.05) is 41.3 Å². The molecule has 1 N–H and O–H groups in total. The lowest BCUT2D eigenvalue weighted by molar-refractivity contribution is 0.646. The van der Waals surface area contributed by atoms with Gasteiger partial charge in [0, 0.05) is 43.8 Å². The fourth-order valence-corrected chi connectivity index (χ4v) is 3.60. The van der Waals surface area contributed by atoms with Crippen molar-refractivity contribution in [3.63, 3.8) is 0 Å². The Hall–Kier alpha value is -3.59. The van der Waals surface area contributed by atoms with Gasteiger partial charge in [-0.3, -0.25) is 0 Å². The van der Waals surface area contributed by atoms with E-state index in [0.717, 1.165) is 37.7 Å². The largest absolute Gasteiger partial charge is 0.368 e. The highest BCUT2D eigenvalue weighted by atomic mass is 15.3. The molecule has 0 saturated carbocycles. The van der Waals surface area contributed by atoms with Crippen LogP contribution in [0.2, 0.25) is 0 Å². The summed E-state index contributed by atoms with van der Waals surface area (Å²) in [7, 11) is 0. The summed E-state index contributed by atoms with van der Waals surface area (Å²) in [6.07, 6.45) is 1.78. The molecular formula is C23H24N6. The van der Waals surface area contributed by atoms with Gasteiger partial charge in [0.25, 0.3) is 0 Å². The van der Waals surface area contributed by atoms with Gasteiger partial charge in [-0.25, -0.2) is 4.98 Å². The van der Waals surface area contributed by atoms with E-state index in [1.165, 1.54) is 16.8 Å². The highest BCUT2D eigenvalue weighted by Crippen LogP contribution is 2.25. The Morgan fingerprint density at radius 1 is 0.931 bits per heavy atom. The molecule has 6 heteroatoms. The molecule has 1 aliphatic rings. The molecule has 0 aliphatic carbocycles. The van der Waals surface area contributed by atoms with Crippen LogP contribution in [-0.2, 0) is 0 Å². The number of nitrogens with zero attached hydrogens (tertiary/aromatic N) is 5. The van der Waals surface area contributed by atoms with Gasteiger partial charge in [0.05, 0.1) is 11.6 Å². The average Bonchev–Trinajstić information content (AvgIpc) is 2.77. The Kier molecular flexibility index (Phi) is 5.30. The Morgan fingerprint density at radius 3 is 2.38 bits per heavy atom. The first-order valence-corrected chi connectivity index (χ1v) is 9.80. The number of hydrogen-bond acceptors (Lipinski definition) is 6. The molecule has 0 atom stereocenters. The number of rotatable bonds is 4. The lowest BCUT2D eigenvalue weighted by Crippen LogP contribution is -2.47. The topological polar surface area (TPSA) is 68.1 Å². The Labute approximate surface area is 171 Å². The predicted octanol–water partition coefficient (Wildman–Crippen LogP) is 4.04. The van der Waals surface area contributed by atoms with Crippen LogP contribution < -0.4 is 15.1 Å². The number of nitriles is 1. The molecule has 29 heavy (non-hydrogen) atoms. The van der Waals surface area contributed by atoms with Crippen LogP contribution in [0.1, 0.15) is 16.7 Å². The number of nitrogens with one attached hydrogen (secondary N) is 1. The van der Waals surface area contributed by atoms with E-state index >= 15 is 0 Å². The highest BCUT2D eigenvalue weighted by Gasteiger charge is 2.20. The standard InChI is InChI=1S/C23H24N6/c1-17-4-3-5-21(18(17)2)28-12-14-29(15-13-28)22-10-11-25-23(27-22)26-20-8-6-19(16-24)7-9-20/h3-11H,12-15H2,1-2H3,(H,25,26,27). The minimum atomic E-state index is 0.559. The summed E-state index contributed by atoms with van der Waals surface area (Å²) in [5, 5.41) is 12.1. The van der Waals surface area contributed by atoms with Crippen LogP contribution in [0.3, 0.4) is 0 Å². The fourth-order valence-electron chi connectivity index (χ4n) is 3.60. The number of piperazine rings is 1. The quantitative estimate of drug-likeness (QED) is 0.732. The van der Waals surface area contributed by atoms with E-state index in [9.17, 15) is 0 Å². The summed E-state index contributed by atoms with van der Waals surface area (Å²) in [6.45, 7) is 8.13. The van der Waals surface area contributed by atoms with Crippen LogP contribution in [0, 0.1) is 25.2 Å². The Morgan fingerprint density at radius 2 is 1.66 bits per heavy atom. The molecule has 2 heterocycles. The van der Waals surface area contributed by atoms with Crippen molar-refractivity contribution in [2.45, 2.75) is 13.8 Å². The van der Waals surface area contributed by atoms with Crippen LogP contribution in [0.5, 0.6) is 0 Å². The summed E-state index contributed by atoms with van der Waals surface area (Å²) in [4.78, 5) is 13.8. The van der Waals surface area contributed by atoms with Crippen molar-refractivity contribution < 1.29 is 0 Å². The first kappa shape index (κ1) is 18.8. The lowest BCUT2D eigenvalue weighted by atomic mass is 10.1. The van der Waals surface area contributed by atoms with Crippen molar-refractivity contribution in [1.29, 1.82) is 5.26 Å². The average molecular weight is 384 g/mol. The summed E-state index contributed by atoms with van der Waals surface area (Å²) in [5.41, 5.74) is 5.51. The number of aromatic nitrogens is 2. The first-order valence-electron chi connectivity index (χ1n) is 9.80. The van der Waals surface area contributed by atoms with Gasteiger partial charge in [0.1, 0.15) is 5.82 Å². The zero-order valence-corrected chi connectivity index (χ0v) is 16.8. The van der Waals surface area contributed by atoms with E-state index in [4.69, 9.17) is 5.26 Å². The number of anilines is 4. The lowest BCUT2D eigenvalue weighted by Gasteiger charge is -2.37. The van der Waals surface area contributed by atoms with E-state index in [2.05, 4.69) is 63.2 Å². The maximum atomic E-state index is 8.91. The van der Waals surface area contributed by atoms with Crippen LogP contribution in [0.25, 0.3) is 0 Å². The smallest absolute Gasteiger partial charge is 0.229 e. The molecule has 0 radical (unpaired) electrons. The number of benzene rings is 2. The molecule has 4 rings (SSSR count). The second-order valence-electron chi connectivity index (χ2n) is 7.25. The molecule has 0 spiro atoms. The maximum Gasteiger partial charge on any atom is 0.229 e. The normalized spacial score (nSPS) is 13.8. The molecule has 1 aromatic heterocycles. The van der Waals surface area contributed by atoms with Crippen molar-refractivity contribution in [3.05, 3.63) is 71.4 Å². The predicted molar refractivity (Wildman–Crippen MR) is 117 cm³/mol. The van der Waals surface area contributed by atoms with Gasteiger partial charge in [0.2, 0.25) is 5.95 Å². The second kappa shape index (κ2) is 8.19. The van der Waals surface area contributed by atoms with E-state index in [-0.39, 0.29) is 0 Å². The molecule has 0 unspecified atom stereocenters. The van der Waals surface area contributed by atoms with Crippen LogP contribution in [0.15, 0.2) is 54.7 Å². The summed E-state index contributed by atoms with van der Waals surface area (Å²) in [5.74, 6) is 1.49.